The van der Waals surface area contributed by atoms with Crippen molar-refractivity contribution in [2.24, 2.45) is 18.7 Å². The molecule has 1 fully saturated rings. The normalized spacial score (nSPS) is 23.3. The van der Waals surface area contributed by atoms with Gasteiger partial charge in [-0.05, 0) is 25.5 Å². The van der Waals surface area contributed by atoms with Crippen LogP contribution in [0.25, 0.3) is 0 Å². The number of nitrogens with two attached hydrogens (primary N) is 1. The molecule has 100 valence electrons. The van der Waals surface area contributed by atoms with Crippen LogP contribution in [0.1, 0.15) is 25.0 Å². The van der Waals surface area contributed by atoms with E-state index < -0.39 is 0 Å². The van der Waals surface area contributed by atoms with Gasteiger partial charge in [0.25, 0.3) is 0 Å². The fourth-order valence-corrected chi connectivity index (χ4v) is 2.91. The maximum atomic E-state index is 12.0. The van der Waals surface area contributed by atoms with Gasteiger partial charge in [-0.25, -0.2) is 4.98 Å². The van der Waals surface area contributed by atoms with Crippen molar-refractivity contribution in [1.29, 1.82) is 0 Å². The van der Waals surface area contributed by atoms with Crippen molar-refractivity contribution in [3.8, 4) is 0 Å². The van der Waals surface area contributed by atoms with Gasteiger partial charge in [-0.1, -0.05) is 11.8 Å². The van der Waals surface area contributed by atoms with E-state index in [4.69, 9.17) is 5.73 Å². The minimum absolute atomic E-state index is 0.0910. The first-order valence-corrected chi connectivity index (χ1v) is 7.42. The fraction of sp³-hybridized carbons (Fsp3) is 0.667. The van der Waals surface area contributed by atoms with E-state index in [0.29, 0.717) is 6.54 Å². The number of imidazole rings is 1. The third-order valence-corrected chi connectivity index (χ3v) is 4.26. The molecule has 1 saturated carbocycles. The highest BCUT2D eigenvalue weighted by Gasteiger charge is 2.27. The summed E-state index contributed by atoms with van der Waals surface area (Å²) in [4.78, 5) is 16.2. The van der Waals surface area contributed by atoms with Crippen molar-refractivity contribution in [2.45, 2.75) is 37.0 Å². The Morgan fingerprint density at radius 2 is 2.44 bits per heavy atom. The van der Waals surface area contributed by atoms with Gasteiger partial charge in [0.2, 0.25) is 5.91 Å². The molecule has 0 aliphatic heterocycles. The summed E-state index contributed by atoms with van der Waals surface area (Å²) in [5.74, 6) is 0.211. The molecule has 2 atom stereocenters. The second kappa shape index (κ2) is 5.75. The Morgan fingerprint density at radius 3 is 3.00 bits per heavy atom. The van der Waals surface area contributed by atoms with Gasteiger partial charge < -0.3 is 15.6 Å². The first-order valence-electron chi connectivity index (χ1n) is 6.19. The molecule has 3 N–H and O–H groups in total. The number of nitrogens with zero attached hydrogens (tertiary/aromatic N) is 2. The van der Waals surface area contributed by atoms with Crippen molar-refractivity contribution < 1.29 is 4.79 Å². The third kappa shape index (κ3) is 2.87. The van der Waals surface area contributed by atoms with Gasteiger partial charge in [0.15, 0.2) is 5.16 Å². The summed E-state index contributed by atoms with van der Waals surface area (Å²) in [6, 6.07) is 0.195. The number of rotatable bonds is 4. The van der Waals surface area contributed by atoms with E-state index in [-0.39, 0.29) is 17.9 Å². The Bertz CT molecular complexity index is 432. The highest BCUT2D eigenvalue weighted by atomic mass is 32.2. The van der Waals surface area contributed by atoms with E-state index in [0.717, 1.165) is 30.1 Å². The van der Waals surface area contributed by atoms with E-state index in [1.165, 1.54) is 0 Å². The van der Waals surface area contributed by atoms with Crippen molar-refractivity contribution in [1.82, 2.24) is 14.9 Å². The van der Waals surface area contributed by atoms with Crippen LogP contribution < -0.4 is 11.1 Å². The smallest absolute Gasteiger partial charge is 0.223 e. The van der Waals surface area contributed by atoms with Gasteiger partial charge in [-0.3, -0.25) is 4.79 Å². The molecule has 6 heteroatoms. The van der Waals surface area contributed by atoms with Crippen molar-refractivity contribution in [3.05, 3.63) is 11.9 Å². The zero-order chi connectivity index (χ0) is 13.1. The lowest BCUT2D eigenvalue weighted by molar-refractivity contribution is -0.125. The fourth-order valence-electron chi connectivity index (χ4n) is 2.36. The van der Waals surface area contributed by atoms with Crippen LogP contribution in [0, 0.1) is 5.92 Å². The number of hydrogen-bond acceptors (Lipinski definition) is 4. The lowest BCUT2D eigenvalue weighted by Gasteiger charge is -2.11. The second-order valence-electron chi connectivity index (χ2n) is 4.78. The topological polar surface area (TPSA) is 72.9 Å². The van der Waals surface area contributed by atoms with Gasteiger partial charge in [0.1, 0.15) is 0 Å². The number of nitrogens with one attached hydrogen (secondary N) is 1. The number of carbonyl (C=O) groups is 1. The quantitative estimate of drug-likeness (QED) is 0.795. The number of thioether (sulfide) groups is 1. The lowest BCUT2D eigenvalue weighted by Crippen LogP contribution is -2.30. The Kier molecular flexibility index (Phi) is 4.29. The van der Waals surface area contributed by atoms with Gasteiger partial charge in [0.05, 0.1) is 18.4 Å². The minimum Gasteiger partial charge on any atom is -0.350 e. The third-order valence-electron chi connectivity index (χ3n) is 3.51. The molecule has 1 aliphatic rings. The largest absolute Gasteiger partial charge is 0.350 e. The number of hydrogen-bond donors (Lipinski definition) is 2. The SMILES string of the molecule is CSc1ncc(CNC(=O)C2CCC(N)C2)n1C. The highest BCUT2D eigenvalue weighted by molar-refractivity contribution is 7.98. The summed E-state index contributed by atoms with van der Waals surface area (Å²) in [5.41, 5.74) is 6.84. The molecule has 18 heavy (non-hydrogen) atoms. The first-order chi connectivity index (χ1) is 8.61. The van der Waals surface area contributed by atoms with E-state index in [2.05, 4.69) is 10.3 Å². The van der Waals surface area contributed by atoms with E-state index in [1.807, 2.05) is 24.1 Å². The number of aromatic nitrogens is 2. The zero-order valence-electron chi connectivity index (χ0n) is 10.8. The van der Waals surface area contributed by atoms with Crippen LogP contribution in [-0.2, 0) is 18.4 Å². The van der Waals surface area contributed by atoms with Gasteiger partial charge in [-0.15, -0.1) is 0 Å². The average molecular weight is 268 g/mol. The van der Waals surface area contributed by atoms with Crippen LogP contribution in [0.2, 0.25) is 0 Å². The molecule has 5 nitrogen and oxygen atoms in total. The molecular weight excluding hydrogens is 248 g/mol. The highest BCUT2D eigenvalue weighted by Crippen LogP contribution is 2.24. The molecule has 2 rings (SSSR count). The summed E-state index contributed by atoms with van der Waals surface area (Å²) in [5, 5.41) is 3.94. The molecule has 1 amide bonds. The second-order valence-corrected chi connectivity index (χ2v) is 5.56. The molecule has 1 aliphatic carbocycles. The van der Waals surface area contributed by atoms with Crippen molar-refractivity contribution in [3.63, 3.8) is 0 Å². The van der Waals surface area contributed by atoms with Gasteiger partial charge in [-0.2, -0.15) is 0 Å². The molecule has 1 aromatic heterocycles. The van der Waals surface area contributed by atoms with E-state index in [9.17, 15) is 4.79 Å². The molecule has 2 unspecified atom stereocenters. The summed E-state index contributed by atoms with van der Waals surface area (Å²) in [6.07, 6.45) is 6.49. The van der Waals surface area contributed by atoms with Crippen molar-refractivity contribution >= 4 is 17.7 Å². The van der Waals surface area contributed by atoms with E-state index >= 15 is 0 Å². The summed E-state index contributed by atoms with van der Waals surface area (Å²) in [7, 11) is 1.96. The van der Waals surface area contributed by atoms with Gasteiger partial charge in [0, 0.05) is 19.0 Å². The molecule has 0 spiro atoms. The van der Waals surface area contributed by atoms with E-state index in [1.54, 1.807) is 11.8 Å². The summed E-state index contributed by atoms with van der Waals surface area (Å²) < 4.78 is 2.01. The molecule has 1 aromatic rings. The van der Waals surface area contributed by atoms with Crippen LogP contribution >= 0.6 is 11.8 Å². The number of amides is 1. The molecule has 0 bridgehead atoms. The Hall–Kier alpha value is -1.01. The van der Waals surface area contributed by atoms with Gasteiger partial charge >= 0.3 is 0 Å². The predicted molar refractivity (Wildman–Crippen MR) is 72.2 cm³/mol. The Morgan fingerprint density at radius 1 is 1.67 bits per heavy atom. The molecule has 0 aromatic carbocycles. The van der Waals surface area contributed by atoms with Crippen LogP contribution in [0.5, 0.6) is 0 Å². The van der Waals surface area contributed by atoms with Crippen molar-refractivity contribution in [2.75, 3.05) is 6.26 Å². The lowest BCUT2D eigenvalue weighted by atomic mass is 10.1. The summed E-state index contributed by atoms with van der Waals surface area (Å²) >= 11 is 1.60. The first kappa shape index (κ1) is 13.4. The Labute approximate surface area is 112 Å². The maximum absolute atomic E-state index is 12.0. The van der Waals surface area contributed by atoms with Crippen LogP contribution in [-0.4, -0.2) is 27.8 Å². The van der Waals surface area contributed by atoms with Crippen LogP contribution in [0.15, 0.2) is 11.4 Å². The minimum atomic E-state index is 0.0910. The number of carbonyl (C=O) groups excluding carboxylic acids is 1. The van der Waals surface area contributed by atoms with Crippen LogP contribution in [0.4, 0.5) is 0 Å². The monoisotopic (exact) mass is 268 g/mol. The zero-order valence-corrected chi connectivity index (χ0v) is 11.7. The molecule has 0 saturated heterocycles. The Balaban J connectivity index is 1.87. The molecular formula is C12H20N4OS. The van der Waals surface area contributed by atoms with Crippen LogP contribution in [0.3, 0.4) is 0 Å². The summed E-state index contributed by atoms with van der Waals surface area (Å²) in [6.45, 7) is 0.536. The standard InChI is InChI=1S/C12H20N4OS/c1-16-10(7-15-12(16)18-2)6-14-11(17)8-3-4-9(13)5-8/h7-9H,3-6,13H2,1-2H3,(H,14,17). The molecule has 0 radical (unpaired) electrons. The average Bonchev–Trinajstić information content (AvgIpc) is 2.93. The maximum Gasteiger partial charge on any atom is 0.223 e. The predicted octanol–water partition coefficient (Wildman–Crippen LogP) is 0.886. The molecule has 1 heterocycles.